The van der Waals surface area contributed by atoms with Crippen LogP contribution < -0.4 is 0 Å². The zero-order valence-corrected chi connectivity index (χ0v) is 11.6. The number of H-pyrrole nitrogens is 1. The van der Waals surface area contributed by atoms with Gasteiger partial charge in [0.25, 0.3) is 0 Å². The number of likely N-dealkylation sites (tertiary alicyclic amines) is 1. The van der Waals surface area contributed by atoms with E-state index in [0.717, 1.165) is 30.1 Å². The number of para-hydroxylation sites is 1. The van der Waals surface area contributed by atoms with Crippen molar-refractivity contribution in [2.45, 2.75) is 31.7 Å². The molecule has 1 aliphatic rings. The molecule has 0 saturated carbocycles. The summed E-state index contributed by atoms with van der Waals surface area (Å²) in [4.78, 5) is 27.7. The van der Waals surface area contributed by atoms with Crippen molar-refractivity contribution in [3.63, 3.8) is 0 Å². The van der Waals surface area contributed by atoms with Gasteiger partial charge in [0, 0.05) is 24.5 Å². The number of halogens is 1. The molecule has 0 aliphatic carbocycles. The molecule has 2 heterocycles. The summed E-state index contributed by atoms with van der Waals surface area (Å²) in [5, 5.41) is 0.816. The van der Waals surface area contributed by atoms with Crippen molar-refractivity contribution in [3.05, 3.63) is 35.8 Å². The topological polar surface area (TPSA) is 53.2 Å². The summed E-state index contributed by atoms with van der Waals surface area (Å²) >= 11 is 0. The summed E-state index contributed by atoms with van der Waals surface area (Å²) in [6, 6.07) is 4.66. The molecule has 2 aromatic rings. The second-order valence-corrected chi connectivity index (χ2v) is 5.41. The van der Waals surface area contributed by atoms with E-state index >= 15 is 0 Å². The van der Waals surface area contributed by atoms with Crippen molar-refractivity contribution in [2.75, 3.05) is 6.54 Å². The van der Waals surface area contributed by atoms with Crippen molar-refractivity contribution >= 4 is 23.1 Å². The van der Waals surface area contributed by atoms with Crippen LogP contribution in [0.2, 0.25) is 0 Å². The molecule has 1 N–H and O–H groups in total. The summed E-state index contributed by atoms with van der Waals surface area (Å²) < 4.78 is 13.6. The first-order chi connectivity index (χ1) is 10.2. The first-order valence-corrected chi connectivity index (χ1v) is 7.20. The van der Waals surface area contributed by atoms with Crippen LogP contribution in [0.1, 0.15) is 24.8 Å². The lowest BCUT2D eigenvalue weighted by Crippen LogP contribution is -2.36. The molecule has 0 unspecified atom stereocenters. The SMILES string of the molecule is O=C[C@@H]1CCCN1C(=O)CCc1c[nH]c2c(F)cccc12. The molecule has 1 aromatic heterocycles. The fourth-order valence-corrected chi connectivity index (χ4v) is 3.01. The van der Waals surface area contributed by atoms with E-state index in [1.807, 2.05) is 6.07 Å². The maximum atomic E-state index is 13.6. The molecule has 0 radical (unpaired) electrons. The van der Waals surface area contributed by atoms with E-state index in [4.69, 9.17) is 0 Å². The quantitative estimate of drug-likeness (QED) is 0.878. The minimum absolute atomic E-state index is 0.00430. The highest BCUT2D eigenvalue weighted by Crippen LogP contribution is 2.23. The number of aromatic nitrogens is 1. The van der Waals surface area contributed by atoms with Gasteiger partial charge in [0.05, 0.1) is 11.6 Å². The Morgan fingerprint density at radius 1 is 1.48 bits per heavy atom. The largest absolute Gasteiger partial charge is 0.359 e. The van der Waals surface area contributed by atoms with Gasteiger partial charge < -0.3 is 14.7 Å². The number of aryl methyl sites for hydroxylation is 1. The number of carbonyl (C=O) groups is 2. The van der Waals surface area contributed by atoms with E-state index in [9.17, 15) is 14.0 Å². The predicted octanol–water partition coefficient (Wildman–Crippen LogP) is 2.43. The van der Waals surface area contributed by atoms with E-state index in [2.05, 4.69) is 4.98 Å². The van der Waals surface area contributed by atoms with Gasteiger partial charge in [0.15, 0.2) is 0 Å². The Labute approximate surface area is 121 Å². The van der Waals surface area contributed by atoms with Gasteiger partial charge in [-0.2, -0.15) is 0 Å². The predicted molar refractivity (Wildman–Crippen MR) is 77.4 cm³/mol. The zero-order valence-electron chi connectivity index (χ0n) is 11.6. The minimum atomic E-state index is -0.286. The number of nitrogens with zero attached hydrogens (tertiary/aromatic N) is 1. The van der Waals surface area contributed by atoms with Crippen LogP contribution in [0.5, 0.6) is 0 Å². The van der Waals surface area contributed by atoms with E-state index in [0.29, 0.717) is 24.9 Å². The molecule has 5 heteroatoms. The molecular weight excluding hydrogens is 271 g/mol. The molecule has 1 atom stereocenters. The fraction of sp³-hybridized carbons (Fsp3) is 0.375. The Morgan fingerprint density at radius 3 is 3.14 bits per heavy atom. The van der Waals surface area contributed by atoms with Crippen molar-refractivity contribution in [3.8, 4) is 0 Å². The standard InChI is InChI=1S/C16H17FN2O2/c17-14-5-1-4-13-11(9-18-16(13)14)6-7-15(21)19-8-2-3-12(19)10-20/h1,4-5,9-10,12,18H,2-3,6-8H2/t12-/m0/s1. The summed E-state index contributed by atoms with van der Waals surface area (Å²) in [6.45, 7) is 0.657. The maximum Gasteiger partial charge on any atom is 0.223 e. The molecule has 1 aliphatic heterocycles. The monoisotopic (exact) mass is 288 g/mol. The lowest BCUT2D eigenvalue weighted by molar-refractivity contribution is -0.134. The molecule has 1 aromatic carbocycles. The molecule has 1 saturated heterocycles. The number of hydrogen-bond acceptors (Lipinski definition) is 2. The molecule has 110 valence electrons. The Kier molecular flexibility index (Phi) is 3.73. The van der Waals surface area contributed by atoms with Gasteiger partial charge in [0.1, 0.15) is 12.1 Å². The van der Waals surface area contributed by atoms with Gasteiger partial charge in [0.2, 0.25) is 5.91 Å². The van der Waals surface area contributed by atoms with Crippen LogP contribution in [-0.4, -0.2) is 34.7 Å². The average molecular weight is 288 g/mol. The van der Waals surface area contributed by atoms with Crippen LogP contribution in [0.25, 0.3) is 10.9 Å². The molecule has 0 bridgehead atoms. The Bertz CT molecular complexity index is 680. The zero-order chi connectivity index (χ0) is 14.8. The number of rotatable bonds is 4. The number of hydrogen-bond donors (Lipinski definition) is 1. The van der Waals surface area contributed by atoms with Crippen LogP contribution >= 0.6 is 0 Å². The van der Waals surface area contributed by atoms with Crippen LogP contribution in [0, 0.1) is 5.82 Å². The first kappa shape index (κ1) is 13.8. The Balaban J connectivity index is 1.70. The normalized spacial score (nSPS) is 18.3. The lowest BCUT2D eigenvalue weighted by Gasteiger charge is -2.20. The average Bonchev–Trinajstić information content (AvgIpc) is 3.12. The molecule has 4 nitrogen and oxygen atoms in total. The van der Waals surface area contributed by atoms with E-state index in [1.54, 1.807) is 17.2 Å². The molecule has 3 rings (SSSR count). The van der Waals surface area contributed by atoms with Gasteiger partial charge in [-0.25, -0.2) is 4.39 Å². The summed E-state index contributed by atoms with van der Waals surface area (Å²) in [7, 11) is 0. The highest BCUT2D eigenvalue weighted by atomic mass is 19.1. The van der Waals surface area contributed by atoms with Gasteiger partial charge in [-0.05, 0) is 30.9 Å². The second-order valence-electron chi connectivity index (χ2n) is 5.41. The van der Waals surface area contributed by atoms with Crippen LogP contribution in [0.15, 0.2) is 24.4 Å². The number of nitrogens with one attached hydrogen (secondary N) is 1. The number of carbonyl (C=O) groups excluding carboxylic acids is 2. The highest BCUT2D eigenvalue weighted by Gasteiger charge is 2.27. The molecule has 1 fully saturated rings. The van der Waals surface area contributed by atoms with E-state index in [1.165, 1.54) is 6.07 Å². The first-order valence-electron chi connectivity index (χ1n) is 7.20. The third-order valence-corrected chi connectivity index (χ3v) is 4.14. The Morgan fingerprint density at radius 2 is 2.33 bits per heavy atom. The van der Waals surface area contributed by atoms with Crippen molar-refractivity contribution < 1.29 is 14.0 Å². The third-order valence-electron chi connectivity index (χ3n) is 4.14. The van der Waals surface area contributed by atoms with Crippen molar-refractivity contribution in [2.24, 2.45) is 0 Å². The number of aldehydes is 1. The molecule has 0 spiro atoms. The maximum absolute atomic E-state index is 13.6. The Hall–Kier alpha value is -2.17. The smallest absolute Gasteiger partial charge is 0.223 e. The van der Waals surface area contributed by atoms with E-state index < -0.39 is 0 Å². The van der Waals surface area contributed by atoms with Crippen LogP contribution in [0.3, 0.4) is 0 Å². The van der Waals surface area contributed by atoms with Crippen LogP contribution in [0.4, 0.5) is 4.39 Å². The number of fused-ring (bicyclic) bond motifs is 1. The summed E-state index contributed by atoms with van der Waals surface area (Å²) in [5.41, 5.74) is 1.41. The summed E-state index contributed by atoms with van der Waals surface area (Å²) in [6.07, 6.45) is 5.13. The number of aromatic amines is 1. The molecule has 1 amide bonds. The van der Waals surface area contributed by atoms with E-state index in [-0.39, 0.29) is 17.8 Å². The van der Waals surface area contributed by atoms with Gasteiger partial charge in [-0.15, -0.1) is 0 Å². The highest BCUT2D eigenvalue weighted by molar-refractivity contribution is 5.85. The number of amides is 1. The second kappa shape index (κ2) is 5.68. The van der Waals surface area contributed by atoms with Gasteiger partial charge in [-0.1, -0.05) is 12.1 Å². The fourth-order valence-electron chi connectivity index (χ4n) is 3.01. The third kappa shape index (κ3) is 2.55. The lowest BCUT2D eigenvalue weighted by atomic mass is 10.1. The van der Waals surface area contributed by atoms with Gasteiger partial charge in [-0.3, -0.25) is 4.79 Å². The van der Waals surface area contributed by atoms with Gasteiger partial charge >= 0.3 is 0 Å². The van der Waals surface area contributed by atoms with Crippen molar-refractivity contribution in [1.82, 2.24) is 9.88 Å². The number of benzene rings is 1. The molecule has 21 heavy (non-hydrogen) atoms. The molecular formula is C16H17FN2O2. The van der Waals surface area contributed by atoms with Crippen LogP contribution in [-0.2, 0) is 16.0 Å². The minimum Gasteiger partial charge on any atom is -0.359 e. The van der Waals surface area contributed by atoms with Crippen molar-refractivity contribution in [1.29, 1.82) is 0 Å². The summed E-state index contributed by atoms with van der Waals surface area (Å²) in [5.74, 6) is -0.291.